The minimum absolute atomic E-state index is 0.0679. The summed E-state index contributed by atoms with van der Waals surface area (Å²) in [6, 6.07) is 13.1. The Balaban J connectivity index is 2.16. The summed E-state index contributed by atoms with van der Waals surface area (Å²) in [5.41, 5.74) is 5.67. The van der Waals surface area contributed by atoms with Crippen LogP contribution in [0.3, 0.4) is 0 Å². The smallest absolute Gasteiger partial charge is 0.295 e. The van der Waals surface area contributed by atoms with E-state index in [9.17, 15) is 13.0 Å². The van der Waals surface area contributed by atoms with Gasteiger partial charge in [0.1, 0.15) is 27.1 Å². The number of hydrogen-bond acceptors (Lipinski definition) is 3. The number of anilines is 1. The van der Waals surface area contributed by atoms with Gasteiger partial charge >= 0.3 is 0 Å². The van der Waals surface area contributed by atoms with Gasteiger partial charge in [-0.25, -0.2) is 4.58 Å². The molecule has 0 saturated carbocycles. The number of benzene rings is 2. The molecular formula is C25H29N2O3SSi+. The molecule has 1 N–H and O–H groups in total. The molecule has 166 valence electrons. The van der Waals surface area contributed by atoms with Gasteiger partial charge in [0.25, 0.3) is 10.1 Å². The average Bonchev–Trinajstić information content (AvgIpc) is 2.73. The summed E-state index contributed by atoms with van der Waals surface area (Å²) >= 11 is 0. The van der Waals surface area contributed by atoms with Crippen molar-refractivity contribution in [2.45, 2.75) is 18.0 Å². The SMILES string of the molecule is CN(C)c1ccc2c(c1)[Si](C)(C)C1=CC(=[N+](C)C)C=CC1=C2c1ccccc1S(=O)(=O)O. The Morgan fingerprint density at radius 3 is 2.28 bits per heavy atom. The summed E-state index contributed by atoms with van der Waals surface area (Å²) in [5.74, 6) is 0. The van der Waals surface area contributed by atoms with Gasteiger partial charge in [0.15, 0.2) is 5.71 Å². The molecule has 0 amide bonds. The molecule has 0 atom stereocenters. The van der Waals surface area contributed by atoms with Crippen LogP contribution in [-0.4, -0.2) is 59.5 Å². The molecule has 0 aromatic heterocycles. The van der Waals surface area contributed by atoms with Crippen molar-refractivity contribution in [1.82, 2.24) is 0 Å². The monoisotopic (exact) mass is 465 g/mol. The molecule has 32 heavy (non-hydrogen) atoms. The first-order valence-electron chi connectivity index (χ1n) is 10.5. The minimum Gasteiger partial charge on any atom is -0.378 e. The van der Waals surface area contributed by atoms with Gasteiger partial charge in [-0.1, -0.05) is 37.4 Å². The van der Waals surface area contributed by atoms with Crippen LogP contribution in [0.25, 0.3) is 5.57 Å². The standard InChI is InChI=1S/C25H28N2O3SSi/c1-26(2)17-11-13-20-23(15-17)32(5,6)24-16-18(27(3)4)12-14-21(24)25(20)19-9-7-8-10-22(19)31(28,29)30/h7-16H,1-6H3/p+1. The first kappa shape index (κ1) is 22.5. The molecule has 0 unspecified atom stereocenters. The van der Waals surface area contributed by atoms with Crippen LogP contribution in [0.2, 0.25) is 13.1 Å². The Bertz CT molecular complexity index is 1360. The average molecular weight is 466 g/mol. The number of fused-ring (bicyclic) bond motifs is 2. The van der Waals surface area contributed by atoms with E-state index in [2.05, 4.69) is 59.0 Å². The fourth-order valence-corrected chi connectivity index (χ4v) is 8.34. The van der Waals surface area contributed by atoms with E-state index in [0.29, 0.717) is 5.56 Å². The van der Waals surface area contributed by atoms with E-state index in [4.69, 9.17) is 0 Å². The topological polar surface area (TPSA) is 60.6 Å². The second-order valence-electron chi connectivity index (χ2n) is 9.22. The molecule has 2 aliphatic rings. The number of allylic oxidation sites excluding steroid dienone is 5. The van der Waals surface area contributed by atoms with E-state index in [1.165, 1.54) is 16.4 Å². The molecule has 0 bridgehead atoms. The van der Waals surface area contributed by atoms with Gasteiger partial charge in [-0.05, 0) is 51.4 Å². The first-order chi connectivity index (χ1) is 14.9. The Labute approximate surface area is 191 Å². The van der Waals surface area contributed by atoms with Gasteiger partial charge in [0.2, 0.25) is 0 Å². The van der Waals surface area contributed by atoms with Crippen LogP contribution >= 0.6 is 0 Å². The molecule has 0 fully saturated rings. The van der Waals surface area contributed by atoms with Crippen LogP contribution < -0.4 is 10.1 Å². The second-order valence-corrected chi connectivity index (χ2v) is 14.9. The largest absolute Gasteiger partial charge is 0.378 e. The van der Waals surface area contributed by atoms with Crippen LogP contribution in [0.5, 0.6) is 0 Å². The zero-order valence-corrected chi connectivity index (χ0v) is 21.2. The predicted molar refractivity (Wildman–Crippen MR) is 135 cm³/mol. The molecule has 0 spiro atoms. The molecule has 0 radical (unpaired) electrons. The summed E-state index contributed by atoms with van der Waals surface area (Å²) in [7, 11) is 1.60. The highest BCUT2D eigenvalue weighted by Gasteiger charge is 2.41. The molecule has 4 rings (SSSR count). The van der Waals surface area contributed by atoms with Crippen molar-refractivity contribution in [2.24, 2.45) is 0 Å². The lowest BCUT2D eigenvalue weighted by molar-refractivity contribution is -0.462. The molecule has 0 saturated heterocycles. The van der Waals surface area contributed by atoms with E-state index in [0.717, 1.165) is 28.1 Å². The maximum absolute atomic E-state index is 12.3. The van der Waals surface area contributed by atoms with Crippen molar-refractivity contribution < 1.29 is 17.5 Å². The third-order valence-electron chi connectivity index (χ3n) is 6.36. The molecule has 2 aromatic rings. The Kier molecular flexibility index (Phi) is 5.39. The zero-order valence-electron chi connectivity index (χ0n) is 19.3. The normalized spacial score (nSPS) is 17.0. The third kappa shape index (κ3) is 3.60. The lowest BCUT2D eigenvalue weighted by atomic mass is 9.89. The van der Waals surface area contributed by atoms with E-state index in [-0.39, 0.29) is 4.90 Å². The van der Waals surface area contributed by atoms with Gasteiger partial charge < -0.3 is 4.90 Å². The third-order valence-corrected chi connectivity index (χ3v) is 10.8. The highest BCUT2D eigenvalue weighted by molar-refractivity contribution is 7.86. The maximum Gasteiger partial charge on any atom is 0.295 e. The van der Waals surface area contributed by atoms with Crippen molar-refractivity contribution in [3.63, 3.8) is 0 Å². The van der Waals surface area contributed by atoms with E-state index < -0.39 is 18.2 Å². The Morgan fingerprint density at radius 1 is 0.969 bits per heavy atom. The molecule has 1 aliphatic carbocycles. The van der Waals surface area contributed by atoms with Crippen LogP contribution in [0, 0.1) is 0 Å². The summed E-state index contributed by atoms with van der Waals surface area (Å²) in [6.45, 7) is 4.68. The van der Waals surface area contributed by atoms with Crippen LogP contribution in [-0.2, 0) is 10.1 Å². The van der Waals surface area contributed by atoms with Crippen molar-refractivity contribution in [3.05, 3.63) is 82.6 Å². The van der Waals surface area contributed by atoms with Crippen LogP contribution in [0.4, 0.5) is 5.69 Å². The van der Waals surface area contributed by atoms with E-state index in [1.807, 2.05) is 34.3 Å². The van der Waals surface area contributed by atoms with Crippen LogP contribution in [0.1, 0.15) is 11.1 Å². The molecule has 7 heteroatoms. The maximum atomic E-state index is 12.3. The highest BCUT2D eigenvalue weighted by Crippen LogP contribution is 2.43. The number of hydrogen-bond donors (Lipinski definition) is 1. The number of nitrogens with zero attached hydrogens (tertiary/aromatic N) is 2. The lowest BCUT2D eigenvalue weighted by Gasteiger charge is -2.38. The van der Waals surface area contributed by atoms with Crippen molar-refractivity contribution in [1.29, 1.82) is 0 Å². The van der Waals surface area contributed by atoms with Crippen LogP contribution in [0.15, 0.2) is 76.4 Å². The van der Waals surface area contributed by atoms with Crippen molar-refractivity contribution in [3.8, 4) is 0 Å². The van der Waals surface area contributed by atoms with Gasteiger partial charge in [-0.15, -0.1) is 0 Å². The summed E-state index contributed by atoms with van der Waals surface area (Å²) in [5, 5.41) is 2.51. The molecule has 5 nitrogen and oxygen atoms in total. The Hall–Kier alpha value is -2.74. The fraction of sp³-hybridized carbons (Fsp3) is 0.240. The summed E-state index contributed by atoms with van der Waals surface area (Å²) in [4.78, 5) is 2.02. The second kappa shape index (κ2) is 7.69. The Morgan fingerprint density at radius 2 is 1.66 bits per heavy atom. The zero-order chi connectivity index (χ0) is 23.4. The highest BCUT2D eigenvalue weighted by atomic mass is 32.2. The van der Waals surface area contributed by atoms with Gasteiger partial charge in [0.05, 0.1) is 0 Å². The quantitative estimate of drug-likeness (QED) is 0.428. The van der Waals surface area contributed by atoms with E-state index >= 15 is 0 Å². The minimum atomic E-state index is -4.39. The number of rotatable bonds is 3. The molecule has 1 heterocycles. The van der Waals surface area contributed by atoms with Gasteiger partial charge in [0, 0.05) is 37.5 Å². The lowest BCUT2D eigenvalue weighted by Crippen LogP contribution is -2.49. The summed E-state index contributed by atoms with van der Waals surface area (Å²) < 4.78 is 36.6. The fourth-order valence-electron chi connectivity index (χ4n) is 4.57. The predicted octanol–water partition coefficient (Wildman–Crippen LogP) is 3.48. The van der Waals surface area contributed by atoms with Gasteiger partial charge in [-0.2, -0.15) is 8.42 Å². The van der Waals surface area contributed by atoms with Crippen molar-refractivity contribution >= 4 is 40.4 Å². The van der Waals surface area contributed by atoms with E-state index in [1.54, 1.807) is 12.1 Å². The molecule has 1 aliphatic heterocycles. The molecule has 2 aromatic carbocycles. The summed E-state index contributed by atoms with van der Waals surface area (Å²) in [6.07, 6.45) is 6.40. The molecular weight excluding hydrogens is 436 g/mol. The first-order valence-corrected chi connectivity index (χ1v) is 14.9. The van der Waals surface area contributed by atoms with Gasteiger partial charge in [-0.3, -0.25) is 4.55 Å². The van der Waals surface area contributed by atoms with Crippen molar-refractivity contribution in [2.75, 3.05) is 33.1 Å².